The Bertz CT molecular complexity index is 611. The minimum Gasteiger partial charge on any atom is -0.478 e. The molecule has 136 valence electrons. The smallest absolute Gasteiger partial charge is 0.335 e. The first-order valence-corrected chi connectivity index (χ1v) is 8.24. The van der Waals surface area contributed by atoms with Gasteiger partial charge in [0.05, 0.1) is 18.8 Å². The minimum absolute atomic E-state index is 0.105. The van der Waals surface area contributed by atoms with Crippen molar-refractivity contribution < 1.29 is 24.2 Å². The molecule has 8 nitrogen and oxygen atoms in total. The monoisotopic (exact) mass is 349 g/mol. The summed E-state index contributed by atoms with van der Waals surface area (Å²) >= 11 is 0. The zero-order valence-electron chi connectivity index (χ0n) is 14.2. The first-order chi connectivity index (χ1) is 12.0. The van der Waals surface area contributed by atoms with Gasteiger partial charge in [0.2, 0.25) is 5.91 Å². The number of rotatable bonds is 6. The summed E-state index contributed by atoms with van der Waals surface area (Å²) in [5.41, 5.74) is 0.961. The van der Waals surface area contributed by atoms with Crippen molar-refractivity contribution in [3.05, 3.63) is 35.4 Å². The van der Waals surface area contributed by atoms with E-state index in [1.165, 1.54) is 12.1 Å². The van der Waals surface area contributed by atoms with Gasteiger partial charge in [-0.1, -0.05) is 19.1 Å². The van der Waals surface area contributed by atoms with Crippen LogP contribution in [0.2, 0.25) is 0 Å². The maximum Gasteiger partial charge on any atom is 0.335 e. The van der Waals surface area contributed by atoms with Gasteiger partial charge in [-0.15, -0.1) is 0 Å². The lowest BCUT2D eigenvalue weighted by atomic mass is 10.1. The Morgan fingerprint density at radius 2 is 1.84 bits per heavy atom. The van der Waals surface area contributed by atoms with Gasteiger partial charge in [0.1, 0.15) is 6.04 Å². The summed E-state index contributed by atoms with van der Waals surface area (Å²) in [6, 6.07) is 5.23. The Morgan fingerprint density at radius 3 is 2.40 bits per heavy atom. The van der Waals surface area contributed by atoms with Gasteiger partial charge in [0.15, 0.2) is 0 Å². The second kappa shape index (κ2) is 9.03. The molecule has 1 saturated heterocycles. The largest absolute Gasteiger partial charge is 0.478 e. The molecular weight excluding hydrogens is 326 g/mol. The Labute approximate surface area is 146 Å². The lowest BCUT2D eigenvalue weighted by molar-refractivity contribution is -0.137. The average molecular weight is 349 g/mol. The molecule has 1 aliphatic heterocycles. The minimum atomic E-state index is -0.996. The van der Waals surface area contributed by atoms with Gasteiger partial charge in [-0.2, -0.15) is 0 Å². The van der Waals surface area contributed by atoms with Crippen molar-refractivity contribution in [1.82, 2.24) is 15.5 Å². The van der Waals surface area contributed by atoms with E-state index in [0.29, 0.717) is 32.7 Å². The number of urea groups is 1. The van der Waals surface area contributed by atoms with Crippen LogP contribution in [0, 0.1) is 0 Å². The lowest BCUT2D eigenvalue weighted by Gasteiger charge is -2.30. The number of nitrogens with zero attached hydrogens (tertiary/aromatic N) is 1. The van der Waals surface area contributed by atoms with Crippen LogP contribution in [-0.2, 0) is 16.1 Å². The van der Waals surface area contributed by atoms with Crippen LogP contribution >= 0.6 is 0 Å². The van der Waals surface area contributed by atoms with E-state index in [4.69, 9.17) is 9.84 Å². The first-order valence-electron chi connectivity index (χ1n) is 8.24. The number of carbonyl (C=O) groups is 3. The van der Waals surface area contributed by atoms with Crippen LogP contribution in [0.1, 0.15) is 29.3 Å². The van der Waals surface area contributed by atoms with Gasteiger partial charge in [0.25, 0.3) is 0 Å². The highest BCUT2D eigenvalue weighted by Crippen LogP contribution is 2.05. The van der Waals surface area contributed by atoms with E-state index in [0.717, 1.165) is 5.56 Å². The summed E-state index contributed by atoms with van der Waals surface area (Å²) in [7, 11) is 0. The maximum atomic E-state index is 12.4. The number of benzene rings is 1. The topological polar surface area (TPSA) is 108 Å². The third-order valence-electron chi connectivity index (χ3n) is 3.99. The molecule has 0 spiro atoms. The van der Waals surface area contributed by atoms with Crippen molar-refractivity contribution in [3.63, 3.8) is 0 Å². The third-order valence-corrected chi connectivity index (χ3v) is 3.99. The van der Waals surface area contributed by atoms with E-state index in [1.54, 1.807) is 17.0 Å². The first kappa shape index (κ1) is 18.7. The van der Waals surface area contributed by atoms with Crippen LogP contribution in [0.25, 0.3) is 0 Å². The molecule has 1 aliphatic rings. The average Bonchev–Trinajstić information content (AvgIpc) is 2.65. The number of hydrogen-bond donors (Lipinski definition) is 3. The third kappa shape index (κ3) is 5.46. The fraction of sp³-hybridized carbons (Fsp3) is 0.471. The molecule has 0 aliphatic carbocycles. The highest BCUT2D eigenvalue weighted by molar-refractivity contribution is 5.88. The molecule has 0 bridgehead atoms. The predicted molar refractivity (Wildman–Crippen MR) is 90.3 cm³/mol. The fourth-order valence-electron chi connectivity index (χ4n) is 2.50. The molecule has 1 heterocycles. The van der Waals surface area contributed by atoms with Crippen molar-refractivity contribution >= 4 is 17.9 Å². The predicted octanol–water partition coefficient (Wildman–Crippen LogP) is 0.821. The van der Waals surface area contributed by atoms with Crippen molar-refractivity contribution in [3.8, 4) is 0 Å². The molecule has 0 radical (unpaired) electrons. The number of carboxylic acid groups (broad SMARTS) is 1. The van der Waals surface area contributed by atoms with E-state index < -0.39 is 18.0 Å². The number of hydrogen-bond acceptors (Lipinski definition) is 4. The standard InChI is InChI=1S/C17H23N3O5/c1-2-14(15(21)20-7-9-25-10-8-20)19-17(24)18-11-12-3-5-13(6-4-12)16(22)23/h3-6,14H,2,7-11H2,1H3,(H,22,23)(H2,18,19,24). The summed E-state index contributed by atoms with van der Waals surface area (Å²) in [5.74, 6) is -1.10. The van der Waals surface area contributed by atoms with Crippen molar-refractivity contribution in [2.75, 3.05) is 26.3 Å². The second-order valence-corrected chi connectivity index (χ2v) is 5.73. The molecule has 1 atom stereocenters. The van der Waals surface area contributed by atoms with Gasteiger partial charge in [-0.3, -0.25) is 4.79 Å². The Balaban J connectivity index is 1.82. The number of aromatic carboxylic acids is 1. The van der Waals surface area contributed by atoms with Gasteiger partial charge in [-0.25, -0.2) is 9.59 Å². The number of amides is 3. The van der Waals surface area contributed by atoms with Crippen LogP contribution < -0.4 is 10.6 Å². The summed E-state index contributed by atoms with van der Waals surface area (Å²) in [6.07, 6.45) is 0.497. The Kier molecular flexibility index (Phi) is 6.76. The number of carboxylic acids is 1. The molecule has 8 heteroatoms. The van der Waals surface area contributed by atoms with E-state index in [-0.39, 0.29) is 18.0 Å². The molecule has 1 aromatic rings. The van der Waals surface area contributed by atoms with Crippen LogP contribution in [-0.4, -0.2) is 60.3 Å². The lowest BCUT2D eigenvalue weighted by Crippen LogP contribution is -2.53. The Morgan fingerprint density at radius 1 is 1.20 bits per heavy atom. The van der Waals surface area contributed by atoms with Gasteiger partial charge < -0.3 is 25.4 Å². The highest BCUT2D eigenvalue weighted by Gasteiger charge is 2.25. The molecule has 1 fully saturated rings. The molecule has 1 unspecified atom stereocenters. The quantitative estimate of drug-likeness (QED) is 0.705. The van der Waals surface area contributed by atoms with Crippen LogP contribution in [0.15, 0.2) is 24.3 Å². The molecule has 0 aromatic heterocycles. The molecule has 25 heavy (non-hydrogen) atoms. The molecular formula is C17H23N3O5. The number of nitrogens with one attached hydrogen (secondary N) is 2. The number of ether oxygens (including phenoxy) is 1. The van der Waals surface area contributed by atoms with Crippen molar-refractivity contribution in [2.45, 2.75) is 25.9 Å². The van der Waals surface area contributed by atoms with E-state index in [1.807, 2.05) is 6.92 Å². The molecule has 3 amide bonds. The van der Waals surface area contributed by atoms with Crippen LogP contribution in [0.3, 0.4) is 0 Å². The SMILES string of the molecule is CCC(NC(=O)NCc1ccc(C(=O)O)cc1)C(=O)N1CCOCC1. The molecule has 3 N–H and O–H groups in total. The van der Waals surface area contributed by atoms with E-state index >= 15 is 0 Å². The summed E-state index contributed by atoms with van der Waals surface area (Å²) in [4.78, 5) is 36.9. The van der Waals surface area contributed by atoms with E-state index in [2.05, 4.69) is 10.6 Å². The summed E-state index contributed by atoms with van der Waals surface area (Å²) < 4.78 is 5.22. The normalized spacial score (nSPS) is 15.3. The summed E-state index contributed by atoms with van der Waals surface area (Å²) in [6.45, 7) is 4.19. The molecule has 1 aromatic carbocycles. The van der Waals surface area contributed by atoms with Gasteiger partial charge in [0, 0.05) is 19.6 Å². The van der Waals surface area contributed by atoms with Crippen LogP contribution in [0.5, 0.6) is 0 Å². The summed E-state index contributed by atoms with van der Waals surface area (Å²) in [5, 5.41) is 14.2. The Hall–Kier alpha value is -2.61. The van der Waals surface area contributed by atoms with Crippen molar-refractivity contribution in [1.29, 1.82) is 0 Å². The maximum absolute atomic E-state index is 12.4. The zero-order valence-corrected chi connectivity index (χ0v) is 14.2. The number of morpholine rings is 1. The fourth-order valence-corrected chi connectivity index (χ4v) is 2.50. The number of carbonyl (C=O) groups excluding carboxylic acids is 2. The zero-order chi connectivity index (χ0) is 18.2. The molecule has 0 saturated carbocycles. The molecule has 2 rings (SSSR count). The van der Waals surface area contributed by atoms with Crippen molar-refractivity contribution in [2.24, 2.45) is 0 Å². The second-order valence-electron chi connectivity index (χ2n) is 5.73. The van der Waals surface area contributed by atoms with Crippen LogP contribution in [0.4, 0.5) is 4.79 Å². The van der Waals surface area contributed by atoms with E-state index in [9.17, 15) is 14.4 Å². The van der Waals surface area contributed by atoms with Gasteiger partial charge >= 0.3 is 12.0 Å². The highest BCUT2D eigenvalue weighted by atomic mass is 16.5. The van der Waals surface area contributed by atoms with Gasteiger partial charge in [-0.05, 0) is 24.1 Å².